The van der Waals surface area contributed by atoms with Gasteiger partial charge < -0.3 is 19.2 Å². The molecule has 0 spiro atoms. The first-order valence-electron chi connectivity index (χ1n) is 5.75. The number of likely N-dealkylation sites (N-methyl/N-ethyl adjacent to an activating group) is 1. The zero-order chi connectivity index (χ0) is 15.1. The second-order valence-electron chi connectivity index (χ2n) is 5.07. The Labute approximate surface area is 113 Å². The van der Waals surface area contributed by atoms with Crippen LogP contribution in [0.5, 0.6) is 0 Å². The lowest BCUT2D eigenvalue weighted by atomic mass is 10.4. The Morgan fingerprint density at radius 2 is 1.84 bits per heavy atom. The molecule has 0 aliphatic carbocycles. The van der Waals surface area contributed by atoms with Gasteiger partial charge in [-0.1, -0.05) is 0 Å². The van der Waals surface area contributed by atoms with Crippen molar-refractivity contribution in [3.05, 3.63) is 0 Å². The minimum Gasteiger partial charge on any atom is -0.463 e. The van der Waals surface area contributed by atoms with Crippen LogP contribution in [0.25, 0.3) is 0 Å². The van der Waals surface area contributed by atoms with E-state index in [0.29, 0.717) is 11.0 Å². The third-order valence-corrected chi connectivity index (χ3v) is 2.91. The summed E-state index contributed by atoms with van der Waals surface area (Å²) in [4.78, 5) is 19.8. The van der Waals surface area contributed by atoms with Crippen LogP contribution in [0.15, 0.2) is 0 Å². The molecule has 0 aromatic heterocycles. The molecule has 2 atom stereocenters. The molecular weight excluding hydrogens is 277 g/mol. The van der Waals surface area contributed by atoms with Crippen LogP contribution in [-0.2, 0) is 23.1 Å². The van der Waals surface area contributed by atoms with Crippen molar-refractivity contribution in [3.8, 4) is 0 Å². The molecule has 0 bridgehead atoms. The van der Waals surface area contributed by atoms with Crippen molar-refractivity contribution in [2.75, 3.05) is 47.5 Å². The molecule has 0 radical (unpaired) electrons. The topological polar surface area (TPSA) is 102 Å². The highest BCUT2D eigenvalue weighted by molar-refractivity contribution is 7.47. The number of carbonyl (C=O) groups excluding carboxylic acids is 1. The van der Waals surface area contributed by atoms with Crippen LogP contribution in [0.3, 0.4) is 0 Å². The minimum absolute atomic E-state index is 0.0529. The third-order valence-electron chi connectivity index (χ3n) is 1.93. The van der Waals surface area contributed by atoms with Crippen molar-refractivity contribution >= 4 is 13.8 Å². The second kappa shape index (κ2) is 7.94. The molecule has 0 aliphatic heterocycles. The maximum Gasteiger partial charge on any atom is 0.472 e. The SMILES string of the molecule is CC(=O)OC[C@@H](O)COP(=O)(O)OCC[N+](C)(C)C. The normalized spacial score (nSPS) is 16.7. The Morgan fingerprint density at radius 1 is 1.26 bits per heavy atom. The van der Waals surface area contributed by atoms with E-state index in [2.05, 4.69) is 9.26 Å². The van der Waals surface area contributed by atoms with Crippen LogP contribution in [-0.4, -0.2) is 74.1 Å². The summed E-state index contributed by atoms with van der Waals surface area (Å²) in [5.41, 5.74) is 0. The maximum absolute atomic E-state index is 11.4. The lowest BCUT2D eigenvalue weighted by molar-refractivity contribution is -0.870. The number of quaternary nitrogens is 1. The van der Waals surface area contributed by atoms with Gasteiger partial charge in [0.05, 0.1) is 27.7 Å². The molecule has 0 heterocycles. The highest BCUT2D eigenvalue weighted by Gasteiger charge is 2.24. The summed E-state index contributed by atoms with van der Waals surface area (Å²) in [5.74, 6) is -0.551. The molecule has 9 heteroatoms. The Morgan fingerprint density at radius 3 is 2.32 bits per heavy atom. The monoisotopic (exact) mass is 300 g/mol. The van der Waals surface area contributed by atoms with E-state index in [1.54, 1.807) is 0 Å². The van der Waals surface area contributed by atoms with E-state index in [1.807, 2.05) is 21.1 Å². The summed E-state index contributed by atoms with van der Waals surface area (Å²) in [7, 11) is 1.55. The first-order chi connectivity index (χ1) is 8.52. The number of nitrogens with zero attached hydrogens (tertiary/aromatic N) is 1. The fraction of sp³-hybridized carbons (Fsp3) is 0.900. The Hall–Kier alpha value is -0.500. The molecule has 0 fully saturated rings. The number of ether oxygens (including phenoxy) is 1. The number of carbonyl (C=O) groups is 1. The fourth-order valence-electron chi connectivity index (χ4n) is 0.909. The number of aliphatic hydroxyl groups is 1. The minimum atomic E-state index is -4.19. The van der Waals surface area contributed by atoms with Crippen molar-refractivity contribution in [2.45, 2.75) is 13.0 Å². The zero-order valence-electron chi connectivity index (χ0n) is 11.7. The Kier molecular flexibility index (Phi) is 7.73. The van der Waals surface area contributed by atoms with Crippen LogP contribution < -0.4 is 0 Å². The quantitative estimate of drug-likeness (QED) is 0.344. The first kappa shape index (κ1) is 18.5. The molecule has 0 saturated heterocycles. The molecule has 0 aromatic carbocycles. The lowest BCUT2D eigenvalue weighted by Crippen LogP contribution is -2.37. The van der Waals surface area contributed by atoms with Gasteiger partial charge in [-0.15, -0.1) is 0 Å². The largest absolute Gasteiger partial charge is 0.472 e. The molecule has 0 amide bonds. The highest BCUT2D eigenvalue weighted by Crippen LogP contribution is 2.43. The summed E-state index contributed by atoms with van der Waals surface area (Å²) in [6.45, 7) is 1.03. The molecule has 8 nitrogen and oxygen atoms in total. The zero-order valence-corrected chi connectivity index (χ0v) is 12.6. The second-order valence-corrected chi connectivity index (χ2v) is 6.52. The van der Waals surface area contributed by atoms with Gasteiger partial charge in [0.1, 0.15) is 25.9 Å². The summed E-state index contributed by atoms with van der Waals surface area (Å²) in [5, 5.41) is 9.32. The van der Waals surface area contributed by atoms with Gasteiger partial charge in [-0.2, -0.15) is 0 Å². The van der Waals surface area contributed by atoms with Crippen LogP contribution in [0, 0.1) is 0 Å². The van der Waals surface area contributed by atoms with Gasteiger partial charge in [0, 0.05) is 6.92 Å². The van der Waals surface area contributed by atoms with Gasteiger partial charge >= 0.3 is 13.8 Å². The van der Waals surface area contributed by atoms with Crippen molar-refractivity contribution in [1.29, 1.82) is 0 Å². The van der Waals surface area contributed by atoms with Gasteiger partial charge in [-0.05, 0) is 0 Å². The number of esters is 1. The van der Waals surface area contributed by atoms with Crippen molar-refractivity contribution in [1.82, 2.24) is 0 Å². The first-order valence-corrected chi connectivity index (χ1v) is 7.25. The molecule has 1 unspecified atom stereocenters. The van der Waals surface area contributed by atoms with E-state index in [-0.39, 0.29) is 13.2 Å². The van der Waals surface area contributed by atoms with E-state index in [1.165, 1.54) is 6.92 Å². The Bertz CT molecular complexity index is 328. The summed E-state index contributed by atoms with van der Waals surface area (Å²) in [6, 6.07) is 0. The predicted octanol–water partition coefficient (Wildman–Crippen LogP) is -0.250. The van der Waals surface area contributed by atoms with Crippen molar-refractivity contribution < 1.29 is 37.6 Å². The van der Waals surface area contributed by atoms with E-state index >= 15 is 0 Å². The smallest absolute Gasteiger partial charge is 0.463 e. The van der Waals surface area contributed by atoms with E-state index < -0.39 is 26.5 Å². The average molecular weight is 300 g/mol. The van der Waals surface area contributed by atoms with Gasteiger partial charge in [0.25, 0.3) is 0 Å². The molecule has 114 valence electrons. The molecule has 0 aliphatic rings. The van der Waals surface area contributed by atoms with Crippen molar-refractivity contribution in [3.63, 3.8) is 0 Å². The standard InChI is InChI=1S/C10H22NO7P/c1-9(12)16-7-10(13)8-18-19(14,15)17-6-5-11(2,3)4/h10,13H,5-8H2,1-4H3/p+1/t10-/m1/s1. The lowest BCUT2D eigenvalue weighted by Gasteiger charge is -2.24. The van der Waals surface area contributed by atoms with E-state index in [0.717, 1.165) is 0 Å². The molecule has 0 aromatic rings. The number of aliphatic hydroxyl groups excluding tert-OH is 1. The fourth-order valence-corrected chi connectivity index (χ4v) is 1.66. The number of phosphoric acid groups is 1. The molecule has 19 heavy (non-hydrogen) atoms. The number of phosphoric ester groups is 1. The number of hydrogen-bond donors (Lipinski definition) is 2. The highest BCUT2D eigenvalue weighted by atomic mass is 31.2. The predicted molar refractivity (Wildman–Crippen MR) is 67.3 cm³/mol. The van der Waals surface area contributed by atoms with E-state index in [9.17, 15) is 19.4 Å². The van der Waals surface area contributed by atoms with Crippen molar-refractivity contribution in [2.24, 2.45) is 0 Å². The van der Waals surface area contributed by atoms with Gasteiger partial charge in [0.2, 0.25) is 0 Å². The van der Waals surface area contributed by atoms with Crippen LogP contribution in [0.1, 0.15) is 6.92 Å². The van der Waals surface area contributed by atoms with Crippen LogP contribution in [0.4, 0.5) is 0 Å². The van der Waals surface area contributed by atoms with Gasteiger partial charge in [0.15, 0.2) is 0 Å². The summed E-state index contributed by atoms with van der Waals surface area (Å²) in [6.07, 6.45) is -1.17. The summed E-state index contributed by atoms with van der Waals surface area (Å²) < 4.78 is 25.8. The molecule has 0 rings (SSSR count). The van der Waals surface area contributed by atoms with Gasteiger partial charge in [-0.25, -0.2) is 4.57 Å². The molecular formula is C10H23NO7P+. The number of rotatable bonds is 9. The average Bonchev–Trinajstić information content (AvgIpc) is 2.21. The molecule has 2 N–H and O–H groups in total. The van der Waals surface area contributed by atoms with E-state index in [4.69, 9.17) is 4.52 Å². The molecule has 0 saturated carbocycles. The summed E-state index contributed by atoms with van der Waals surface area (Å²) >= 11 is 0. The maximum atomic E-state index is 11.4. The number of hydrogen-bond acceptors (Lipinski definition) is 6. The van der Waals surface area contributed by atoms with Gasteiger partial charge in [-0.3, -0.25) is 13.8 Å². The third kappa shape index (κ3) is 12.3. The Balaban J connectivity index is 3.89. The van der Waals surface area contributed by atoms with Crippen LogP contribution >= 0.6 is 7.82 Å². The van der Waals surface area contributed by atoms with Crippen LogP contribution in [0.2, 0.25) is 0 Å².